The van der Waals surface area contributed by atoms with Crippen LogP contribution in [-0.4, -0.2) is 48.2 Å². The highest BCUT2D eigenvalue weighted by Crippen LogP contribution is 2.36. The van der Waals surface area contributed by atoms with Gasteiger partial charge < -0.3 is 10.1 Å². The van der Waals surface area contributed by atoms with E-state index in [0.29, 0.717) is 25.6 Å². The molecule has 7 nitrogen and oxygen atoms in total. The number of nitrogens with one attached hydrogen (secondary N) is 1. The van der Waals surface area contributed by atoms with Crippen LogP contribution in [0.5, 0.6) is 0 Å². The highest BCUT2D eigenvalue weighted by atomic mass is 16.5. The molecule has 0 radical (unpaired) electrons. The Morgan fingerprint density at radius 3 is 2.69 bits per heavy atom. The number of rotatable bonds is 8. The zero-order valence-corrected chi connectivity index (χ0v) is 16.4. The van der Waals surface area contributed by atoms with Crippen molar-refractivity contribution in [1.29, 1.82) is 0 Å². The van der Waals surface area contributed by atoms with Gasteiger partial charge in [-0.05, 0) is 24.1 Å². The molecule has 3 aromatic rings. The van der Waals surface area contributed by atoms with Gasteiger partial charge in [0, 0.05) is 13.7 Å². The Balaban J connectivity index is 1.49. The molecule has 0 saturated heterocycles. The van der Waals surface area contributed by atoms with Crippen molar-refractivity contribution in [2.75, 3.05) is 31.7 Å². The smallest absolute Gasteiger partial charge is 0.253 e. The molecular weight excluding hydrogens is 368 g/mol. The van der Waals surface area contributed by atoms with Gasteiger partial charge >= 0.3 is 0 Å². The molecule has 7 heteroatoms. The largest absolute Gasteiger partial charge is 0.383 e. The van der Waals surface area contributed by atoms with E-state index in [9.17, 15) is 9.59 Å². The van der Waals surface area contributed by atoms with Gasteiger partial charge in [-0.1, -0.05) is 42.5 Å². The topological polar surface area (TPSA) is 76.5 Å². The Hall–Kier alpha value is -3.19. The lowest BCUT2D eigenvalue weighted by Gasteiger charge is -2.15. The Labute approximate surface area is 169 Å². The van der Waals surface area contributed by atoms with Gasteiger partial charge in [0.05, 0.1) is 30.6 Å². The third-order valence-electron chi connectivity index (χ3n) is 5.16. The van der Waals surface area contributed by atoms with Crippen LogP contribution in [0.2, 0.25) is 0 Å². The minimum absolute atomic E-state index is 0.0878. The molecule has 2 heterocycles. The van der Waals surface area contributed by atoms with Crippen molar-refractivity contribution in [3.63, 3.8) is 0 Å². The molecule has 1 N–H and O–H groups in total. The molecule has 0 aliphatic carbocycles. The van der Waals surface area contributed by atoms with Crippen LogP contribution >= 0.6 is 0 Å². The summed E-state index contributed by atoms with van der Waals surface area (Å²) in [7, 11) is 1.60. The summed E-state index contributed by atoms with van der Waals surface area (Å²) in [6, 6.07) is 17.1. The first kappa shape index (κ1) is 19.1. The van der Waals surface area contributed by atoms with Crippen LogP contribution in [0.4, 0.5) is 5.95 Å². The zero-order chi connectivity index (χ0) is 20.2. The molecule has 1 aromatic heterocycles. The summed E-state index contributed by atoms with van der Waals surface area (Å²) in [5.41, 5.74) is 2.84. The second-order valence-electron chi connectivity index (χ2n) is 7.06. The van der Waals surface area contributed by atoms with Crippen LogP contribution in [0, 0.1) is 0 Å². The van der Waals surface area contributed by atoms with E-state index < -0.39 is 6.04 Å². The first-order valence-electron chi connectivity index (χ1n) is 9.77. The fourth-order valence-corrected chi connectivity index (χ4v) is 3.73. The molecule has 1 aliphatic rings. The second-order valence-corrected chi connectivity index (χ2v) is 7.06. The van der Waals surface area contributed by atoms with Crippen molar-refractivity contribution in [1.82, 2.24) is 14.9 Å². The zero-order valence-electron chi connectivity index (χ0n) is 16.4. The first-order valence-corrected chi connectivity index (χ1v) is 9.77. The highest BCUT2D eigenvalue weighted by molar-refractivity contribution is 6.03. The van der Waals surface area contributed by atoms with E-state index in [4.69, 9.17) is 4.74 Å². The summed E-state index contributed by atoms with van der Waals surface area (Å²) in [6.45, 7) is 1.35. The summed E-state index contributed by atoms with van der Waals surface area (Å²) >= 11 is 0. The number of benzene rings is 2. The fraction of sp³-hybridized carbons (Fsp3) is 0.318. The summed E-state index contributed by atoms with van der Waals surface area (Å²) < 4.78 is 7.02. The molecule has 1 atom stereocenters. The average Bonchev–Trinajstić information content (AvgIpc) is 3.22. The van der Waals surface area contributed by atoms with Crippen molar-refractivity contribution in [3.05, 3.63) is 60.2 Å². The van der Waals surface area contributed by atoms with E-state index in [1.165, 1.54) is 5.56 Å². The van der Waals surface area contributed by atoms with Crippen molar-refractivity contribution in [2.24, 2.45) is 0 Å². The number of nitrogens with zero attached hydrogens (tertiary/aromatic N) is 3. The molecule has 0 saturated carbocycles. The summed E-state index contributed by atoms with van der Waals surface area (Å²) in [5.74, 6) is 0.320. The van der Waals surface area contributed by atoms with Crippen molar-refractivity contribution < 1.29 is 14.3 Å². The van der Waals surface area contributed by atoms with Crippen LogP contribution < -0.4 is 10.2 Å². The van der Waals surface area contributed by atoms with Gasteiger partial charge in [-0.2, -0.15) is 0 Å². The summed E-state index contributed by atoms with van der Waals surface area (Å²) in [5, 5.41) is 2.94. The standard InChI is InChI=1S/C22H24N4O3/c1-29-14-13-25-21(28)19(26-18-10-6-5-9-17(18)24-22(25)26)15-20(27)23-12-11-16-7-3-2-4-8-16/h2-10,19H,11-15H2,1H3,(H,23,27)/t19-/m1/s1. The number of hydrogen-bond donors (Lipinski definition) is 1. The van der Waals surface area contributed by atoms with Crippen molar-refractivity contribution in [2.45, 2.75) is 18.9 Å². The van der Waals surface area contributed by atoms with Gasteiger partial charge in [-0.25, -0.2) is 4.98 Å². The summed E-state index contributed by atoms with van der Waals surface area (Å²) in [4.78, 5) is 31.9. The van der Waals surface area contributed by atoms with Crippen LogP contribution in [0.15, 0.2) is 54.6 Å². The number of imidazole rings is 1. The number of amides is 2. The molecule has 1 aliphatic heterocycles. The molecule has 2 aromatic carbocycles. The number of fused-ring (bicyclic) bond motifs is 3. The quantitative estimate of drug-likeness (QED) is 0.638. The molecule has 0 spiro atoms. The van der Waals surface area contributed by atoms with Gasteiger partial charge in [-0.15, -0.1) is 0 Å². The maximum Gasteiger partial charge on any atom is 0.253 e. The lowest BCUT2D eigenvalue weighted by molar-refractivity contribution is -0.127. The second kappa shape index (κ2) is 8.45. The lowest BCUT2D eigenvalue weighted by atomic mass is 10.1. The van der Waals surface area contributed by atoms with Gasteiger partial charge in [-0.3, -0.25) is 19.1 Å². The minimum atomic E-state index is -0.592. The van der Waals surface area contributed by atoms with Crippen LogP contribution in [0.1, 0.15) is 18.0 Å². The predicted molar refractivity (Wildman–Crippen MR) is 111 cm³/mol. The Bertz CT molecular complexity index is 1020. The normalized spacial score (nSPS) is 15.7. The average molecular weight is 392 g/mol. The third kappa shape index (κ3) is 3.86. The number of anilines is 1. The molecule has 2 amide bonds. The minimum Gasteiger partial charge on any atom is -0.383 e. The van der Waals surface area contributed by atoms with E-state index in [1.807, 2.05) is 59.2 Å². The maximum atomic E-state index is 13.0. The maximum absolute atomic E-state index is 13.0. The van der Waals surface area contributed by atoms with Crippen LogP contribution in [0.25, 0.3) is 11.0 Å². The van der Waals surface area contributed by atoms with E-state index in [0.717, 1.165) is 17.5 Å². The molecule has 4 rings (SSSR count). The number of ether oxygens (including phenoxy) is 1. The molecule has 0 fully saturated rings. The van der Waals surface area contributed by atoms with E-state index in [1.54, 1.807) is 12.0 Å². The predicted octanol–water partition coefficient (Wildman–Crippen LogP) is 2.32. The molecule has 150 valence electrons. The monoisotopic (exact) mass is 392 g/mol. The van der Waals surface area contributed by atoms with Gasteiger partial charge in [0.15, 0.2) is 0 Å². The molecule has 29 heavy (non-hydrogen) atoms. The Morgan fingerprint density at radius 2 is 1.90 bits per heavy atom. The van der Waals surface area contributed by atoms with E-state index >= 15 is 0 Å². The Kier molecular flexibility index (Phi) is 5.57. The summed E-state index contributed by atoms with van der Waals surface area (Å²) in [6.07, 6.45) is 0.842. The van der Waals surface area contributed by atoms with Crippen molar-refractivity contribution in [3.8, 4) is 0 Å². The number of hydrogen-bond acceptors (Lipinski definition) is 4. The third-order valence-corrected chi connectivity index (χ3v) is 5.16. The number of carbonyl (C=O) groups excluding carboxylic acids is 2. The lowest BCUT2D eigenvalue weighted by Crippen LogP contribution is -2.35. The van der Waals surface area contributed by atoms with Gasteiger partial charge in [0.25, 0.3) is 5.91 Å². The highest BCUT2D eigenvalue weighted by Gasteiger charge is 2.40. The molecule has 0 bridgehead atoms. The number of aromatic nitrogens is 2. The number of para-hydroxylation sites is 2. The van der Waals surface area contributed by atoms with Crippen LogP contribution in [0.3, 0.4) is 0 Å². The number of carbonyl (C=O) groups is 2. The van der Waals surface area contributed by atoms with Crippen LogP contribution in [-0.2, 0) is 20.7 Å². The SMILES string of the molecule is COCCN1C(=O)[C@@H](CC(=O)NCCc2ccccc2)n2c1nc1ccccc12. The van der Waals surface area contributed by atoms with E-state index in [-0.39, 0.29) is 18.2 Å². The first-order chi connectivity index (χ1) is 14.2. The van der Waals surface area contributed by atoms with E-state index in [2.05, 4.69) is 10.3 Å². The van der Waals surface area contributed by atoms with Gasteiger partial charge in [0.2, 0.25) is 11.9 Å². The molecular formula is C22H24N4O3. The Morgan fingerprint density at radius 1 is 1.14 bits per heavy atom. The molecule has 0 unspecified atom stereocenters. The van der Waals surface area contributed by atoms with Crippen molar-refractivity contribution >= 4 is 28.8 Å². The number of methoxy groups -OCH3 is 1. The van der Waals surface area contributed by atoms with Gasteiger partial charge in [0.1, 0.15) is 6.04 Å². The fourth-order valence-electron chi connectivity index (χ4n) is 3.73.